The van der Waals surface area contributed by atoms with E-state index >= 15 is 4.79 Å². The summed E-state index contributed by atoms with van der Waals surface area (Å²) in [5, 5.41) is 0.660. The number of amides is 2. The Hall–Kier alpha value is -5.08. The van der Waals surface area contributed by atoms with Gasteiger partial charge in [0.25, 0.3) is 11.8 Å². The van der Waals surface area contributed by atoms with Crippen LogP contribution in [0.5, 0.6) is 0 Å². The number of carbonyl (C=O) groups is 2. The third kappa shape index (κ3) is 3.41. The van der Waals surface area contributed by atoms with Crippen molar-refractivity contribution < 1.29 is 14.0 Å². The first-order chi connectivity index (χ1) is 20.8. The molecule has 0 fully saturated rings. The standard InChI is InChI=1S/C35H25N3O4S/c1-19-13-15-27-23(16-19)30(39)29-31(42-27)32(40)38(34-36-25-14-12-20(2)17-28(25)43-34)35(29)24-10-6-7-11-26(24)37(33(35)41)18-22-9-5-4-8-21(22)3/h4-17H,18H2,1-3H3. The largest absolute Gasteiger partial charge is 0.450 e. The van der Waals surface area contributed by atoms with Crippen LogP contribution < -0.4 is 15.2 Å². The number of para-hydroxylation sites is 1. The van der Waals surface area contributed by atoms with E-state index in [2.05, 4.69) is 0 Å². The van der Waals surface area contributed by atoms with Crippen LogP contribution in [-0.2, 0) is 16.9 Å². The summed E-state index contributed by atoms with van der Waals surface area (Å²) < 4.78 is 7.11. The summed E-state index contributed by atoms with van der Waals surface area (Å²) in [6.45, 7) is 6.17. The maximum Gasteiger partial charge on any atom is 0.297 e. The van der Waals surface area contributed by atoms with Gasteiger partial charge in [0.15, 0.2) is 16.1 Å². The minimum absolute atomic E-state index is 0.0378. The van der Waals surface area contributed by atoms with Crippen molar-refractivity contribution in [1.29, 1.82) is 0 Å². The van der Waals surface area contributed by atoms with E-state index in [4.69, 9.17) is 9.40 Å². The second-order valence-corrected chi connectivity index (χ2v) is 12.3. The minimum atomic E-state index is -1.78. The Labute approximate surface area is 250 Å². The fourth-order valence-electron chi connectivity index (χ4n) is 6.51. The molecule has 8 heteroatoms. The zero-order valence-electron chi connectivity index (χ0n) is 23.7. The number of benzene rings is 4. The van der Waals surface area contributed by atoms with E-state index in [1.165, 1.54) is 16.2 Å². The molecule has 2 aliphatic heterocycles. The van der Waals surface area contributed by atoms with Crippen molar-refractivity contribution in [3.63, 3.8) is 0 Å². The number of rotatable bonds is 3. The summed E-state index contributed by atoms with van der Waals surface area (Å²) in [4.78, 5) is 52.1. The van der Waals surface area contributed by atoms with Gasteiger partial charge in [-0.1, -0.05) is 71.5 Å². The number of aryl methyl sites for hydroxylation is 3. The molecule has 1 unspecified atom stereocenters. The van der Waals surface area contributed by atoms with Gasteiger partial charge in [-0.05, 0) is 67.8 Å². The van der Waals surface area contributed by atoms with Gasteiger partial charge in [0.2, 0.25) is 5.76 Å². The van der Waals surface area contributed by atoms with Crippen LogP contribution in [0, 0.1) is 20.8 Å². The number of fused-ring (bicyclic) bond motifs is 6. The molecule has 4 aromatic carbocycles. The topological polar surface area (TPSA) is 83.7 Å². The number of hydrogen-bond donors (Lipinski definition) is 0. The van der Waals surface area contributed by atoms with Crippen molar-refractivity contribution in [3.05, 3.63) is 134 Å². The predicted molar refractivity (Wildman–Crippen MR) is 168 cm³/mol. The number of aromatic nitrogens is 1. The lowest BCUT2D eigenvalue weighted by molar-refractivity contribution is -0.121. The van der Waals surface area contributed by atoms with Crippen molar-refractivity contribution >= 4 is 55.2 Å². The van der Waals surface area contributed by atoms with E-state index in [-0.39, 0.29) is 17.9 Å². The van der Waals surface area contributed by atoms with Crippen LogP contribution in [0.25, 0.3) is 21.2 Å². The second kappa shape index (κ2) is 8.96. The van der Waals surface area contributed by atoms with Gasteiger partial charge < -0.3 is 9.32 Å². The highest BCUT2D eigenvalue weighted by molar-refractivity contribution is 7.22. The van der Waals surface area contributed by atoms with Gasteiger partial charge in [-0.2, -0.15) is 0 Å². The molecule has 7 nitrogen and oxygen atoms in total. The smallest absolute Gasteiger partial charge is 0.297 e. The van der Waals surface area contributed by atoms with E-state index in [1.807, 2.05) is 93.6 Å². The number of carbonyl (C=O) groups excluding carboxylic acids is 2. The van der Waals surface area contributed by atoms with Crippen LogP contribution >= 0.6 is 11.3 Å². The van der Waals surface area contributed by atoms with Crippen molar-refractivity contribution in [2.45, 2.75) is 32.9 Å². The van der Waals surface area contributed by atoms with Crippen LogP contribution in [0.1, 0.15) is 43.9 Å². The third-order valence-electron chi connectivity index (χ3n) is 8.59. The van der Waals surface area contributed by atoms with E-state index in [0.717, 1.165) is 27.0 Å². The molecule has 4 heterocycles. The molecule has 43 heavy (non-hydrogen) atoms. The van der Waals surface area contributed by atoms with Gasteiger partial charge in [-0.3, -0.25) is 19.3 Å². The Bertz CT molecular complexity index is 2250. The Kier molecular flexibility index (Phi) is 5.34. The Morgan fingerprint density at radius 1 is 0.860 bits per heavy atom. The first-order valence-corrected chi connectivity index (χ1v) is 14.9. The zero-order chi connectivity index (χ0) is 29.6. The normalized spacial score (nSPS) is 17.5. The molecule has 6 aromatic rings. The monoisotopic (exact) mass is 583 g/mol. The molecule has 0 bridgehead atoms. The van der Waals surface area contributed by atoms with E-state index in [1.54, 1.807) is 17.0 Å². The number of hydrogen-bond acceptors (Lipinski definition) is 6. The van der Waals surface area contributed by atoms with E-state index in [9.17, 15) is 9.59 Å². The summed E-state index contributed by atoms with van der Waals surface area (Å²) in [6, 6.07) is 26.4. The molecule has 0 N–H and O–H groups in total. The molecular weight excluding hydrogens is 558 g/mol. The lowest BCUT2D eigenvalue weighted by Crippen LogP contribution is -2.53. The molecule has 2 amide bonds. The molecule has 0 aliphatic carbocycles. The molecule has 210 valence electrons. The maximum absolute atomic E-state index is 15.1. The van der Waals surface area contributed by atoms with Crippen LogP contribution in [0.2, 0.25) is 0 Å². The summed E-state index contributed by atoms with van der Waals surface area (Å²) in [5.41, 5.74) is 3.99. The molecule has 0 saturated carbocycles. The SMILES string of the molecule is Cc1ccc2nc(N3C(=O)c4oc5ccc(C)cc5c(=O)c4C34C(=O)N(Cc3ccccc3C)c3ccccc34)sc2c1. The lowest BCUT2D eigenvalue weighted by atomic mass is 9.84. The van der Waals surface area contributed by atoms with Gasteiger partial charge in [-0.25, -0.2) is 4.98 Å². The molecule has 8 rings (SSSR count). The van der Waals surface area contributed by atoms with Gasteiger partial charge >= 0.3 is 0 Å². The van der Waals surface area contributed by atoms with E-state index in [0.29, 0.717) is 32.9 Å². The zero-order valence-corrected chi connectivity index (χ0v) is 24.5. The van der Waals surface area contributed by atoms with Crippen LogP contribution in [-0.4, -0.2) is 16.8 Å². The lowest BCUT2D eigenvalue weighted by Gasteiger charge is -2.32. The van der Waals surface area contributed by atoms with Gasteiger partial charge in [0.1, 0.15) is 5.58 Å². The van der Waals surface area contributed by atoms with Crippen molar-refractivity contribution in [2.24, 2.45) is 0 Å². The number of thiazole rings is 1. The second-order valence-electron chi connectivity index (χ2n) is 11.3. The summed E-state index contributed by atoms with van der Waals surface area (Å²) in [5.74, 6) is -1.08. The van der Waals surface area contributed by atoms with Crippen LogP contribution in [0.4, 0.5) is 10.8 Å². The Morgan fingerprint density at radius 3 is 2.44 bits per heavy atom. The molecule has 0 radical (unpaired) electrons. The highest BCUT2D eigenvalue weighted by Crippen LogP contribution is 2.55. The molecule has 1 atom stereocenters. The van der Waals surface area contributed by atoms with Gasteiger partial charge in [0.05, 0.1) is 33.4 Å². The molecular formula is C35H25N3O4S. The van der Waals surface area contributed by atoms with Gasteiger partial charge in [0, 0.05) is 5.56 Å². The summed E-state index contributed by atoms with van der Waals surface area (Å²) in [7, 11) is 0. The number of nitrogens with zero attached hydrogens (tertiary/aromatic N) is 3. The van der Waals surface area contributed by atoms with Crippen LogP contribution in [0.15, 0.2) is 94.1 Å². The quantitative estimate of drug-likeness (QED) is 0.229. The van der Waals surface area contributed by atoms with Crippen LogP contribution in [0.3, 0.4) is 0 Å². The average molecular weight is 584 g/mol. The highest BCUT2D eigenvalue weighted by Gasteiger charge is 2.66. The Balaban J connectivity index is 1.46. The van der Waals surface area contributed by atoms with Crippen molar-refractivity contribution in [2.75, 3.05) is 9.80 Å². The molecule has 0 saturated heterocycles. The highest BCUT2D eigenvalue weighted by atomic mass is 32.1. The fraction of sp³-hybridized carbons (Fsp3) is 0.143. The summed E-state index contributed by atoms with van der Waals surface area (Å²) in [6.07, 6.45) is 0. The van der Waals surface area contributed by atoms with Crippen molar-refractivity contribution in [3.8, 4) is 0 Å². The maximum atomic E-state index is 15.1. The number of anilines is 2. The fourth-order valence-corrected chi connectivity index (χ4v) is 7.62. The van der Waals surface area contributed by atoms with Crippen molar-refractivity contribution in [1.82, 2.24) is 4.98 Å². The first-order valence-electron chi connectivity index (χ1n) is 14.0. The van der Waals surface area contributed by atoms with E-state index < -0.39 is 22.8 Å². The first kappa shape index (κ1) is 25.6. The third-order valence-corrected chi connectivity index (χ3v) is 9.60. The molecule has 2 aliphatic rings. The summed E-state index contributed by atoms with van der Waals surface area (Å²) >= 11 is 1.32. The minimum Gasteiger partial charge on any atom is -0.450 e. The average Bonchev–Trinajstić information content (AvgIpc) is 3.60. The Morgan fingerprint density at radius 2 is 1.60 bits per heavy atom. The molecule has 1 spiro atoms. The predicted octanol–water partition coefficient (Wildman–Crippen LogP) is 6.78. The molecule has 2 aromatic heterocycles. The van der Waals surface area contributed by atoms with Gasteiger partial charge in [-0.15, -0.1) is 0 Å².